The van der Waals surface area contributed by atoms with Crippen molar-refractivity contribution < 1.29 is 0 Å². The number of thioether (sulfide) groups is 1. The minimum Gasteiger partial charge on any atom is -0.284 e. The minimum atomic E-state index is 0.0641. The van der Waals surface area contributed by atoms with Crippen LogP contribution in [0.2, 0.25) is 0 Å². The van der Waals surface area contributed by atoms with E-state index >= 15 is 0 Å². The van der Waals surface area contributed by atoms with Gasteiger partial charge in [-0.15, -0.1) is 0 Å². The summed E-state index contributed by atoms with van der Waals surface area (Å²) < 4.78 is 1.92. The molecule has 1 fully saturated rings. The van der Waals surface area contributed by atoms with E-state index in [-0.39, 0.29) is 11.6 Å². The predicted octanol–water partition coefficient (Wildman–Crippen LogP) is 5.24. The average molecular weight is 363 g/mol. The van der Waals surface area contributed by atoms with Gasteiger partial charge in [-0.2, -0.15) is 0 Å². The van der Waals surface area contributed by atoms with Gasteiger partial charge in [0.05, 0.1) is 10.9 Å². The maximum atomic E-state index is 13.2. The molecule has 0 N–H and O–H groups in total. The molecule has 1 aliphatic rings. The van der Waals surface area contributed by atoms with Crippen LogP contribution in [0.25, 0.3) is 10.9 Å². The topological polar surface area (TPSA) is 34.9 Å². The van der Waals surface area contributed by atoms with E-state index in [0.717, 1.165) is 23.5 Å². The Hall–Kier alpha value is -1.26. The molecule has 24 heavy (non-hydrogen) atoms. The predicted molar refractivity (Wildman–Crippen MR) is 103 cm³/mol. The molecule has 0 bridgehead atoms. The highest BCUT2D eigenvalue weighted by Crippen LogP contribution is 2.39. The first-order valence-corrected chi connectivity index (χ1v) is 9.82. The Kier molecular flexibility index (Phi) is 5.36. The number of fused-ring (bicyclic) bond motifs is 1. The molecule has 1 aromatic heterocycles. The minimum absolute atomic E-state index is 0.0641. The molecule has 1 heterocycles. The normalized spacial score (nSPS) is 24.2. The number of halogens is 1. The second-order valence-corrected chi connectivity index (χ2v) is 8.20. The number of rotatable bonds is 4. The van der Waals surface area contributed by atoms with E-state index < -0.39 is 0 Å². The third kappa shape index (κ3) is 3.40. The van der Waals surface area contributed by atoms with Crippen molar-refractivity contribution in [3.05, 3.63) is 46.2 Å². The molecular formula is C19H23ClN2OS. The summed E-state index contributed by atoms with van der Waals surface area (Å²) in [5, 5.41) is 2.02. The summed E-state index contributed by atoms with van der Waals surface area (Å²) in [6.07, 6.45) is 3.41. The molecule has 2 aromatic rings. The summed E-state index contributed by atoms with van der Waals surface area (Å²) in [5.41, 5.74) is 0.812. The quantitative estimate of drug-likeness (QED) is 0.551. The third-order valence-corrected chi connectivity index (χ3v) is 6.46. The third-order valence-electron chi connectivity index (χ3n) is 5.13. The second-order valence-electron chi connectivity index (χ2n) is 6.73. The highest BCUT2D eigenvalue weighted by atomic mass is 35.5. The molecule has 0 radical (unpaired) electrons. The average Bonchev–Trinajstić information content (AvgIpc) is 2.56. The summed E-state index contributed by atoms with van der Waals surface area (Å²) in [4.78, 5) is 18.0. The second kappa shape index (κ2) is 7.32. The zero-order valence-electron chi connectivity index (χ0n) is 14.2. The Labute approximate surface area is 152 Å². The lowest BCUT2D eigenvalue weighted by molar-refractivity contribution is 0.173. The first-order valence-electron chi connectivity index (χ1n) is 8.46. The Morgan fingerprint density at radius 1 is 1.38 bits per heavy atom. The van der Waals surface area contributed by atoms with Crippen LogP contribution in [0.3, 0.4) is 0 Å². The summed E-state index contributed by atoms with van der Waals surface area (Å²) in [7, 11) is 0. The molecule has 128 valence electrons. The number of hydrogen-bond donors (Lipinski definition) is 0. The molecule has 1 aliphatic carbocycles. The molecule has 5 heteroatoms. The maximum absolute atomic E-state index is 13.2. The van der Waals surface area contributed by atoms with Gasteiger partial charge in [-0.1, -0.05) is 68.8 Å². The van der Waals surface area contributed by atoms with E-state index in [1.165, 1.54) is 18.2 Å². The summed E-state index contributed by atoms with van der Waals surface area (Å²) in [5.74, 6) is 1.63. The maximum Gasteiger partial charge on any atom is 0.262 e. The van der Waals surface area contributed by atoms with Crippen molar-refractivity contribution >= 4 is 34.3 Å². The van der Waals surface area contributed by atoms with Crippen LogP contribution in [0, 0.1) is 11.8 Å². The van der Waals surface area contributed by atoms with Crippen LogP contribution < -0.4 is 5.56 Å². The number of benzene rings is 1. The molecule has 3 atom stereocenters. The highest BCUT2D eigenvalue weighted by molar-refractivity contribution is 7.99. The van der Waals surface area contributed by atoms with Crippen molar-refractivity contribution in [1.82, 2.24) is 9.55 Å². The first-order chi connectivity index (χ1) is 11.5. The zero-order chi connectivity index (χ0) is 17.3. The Balaban J connectivity index is 2.15. The van der Waals surface area contributed by atoms with Gasteiger partial charge in [0.1, 0.15) is 0 Å². The fourth-order valence-corrected chi connectivity index (χ4v) is 4.55. The molecule has 1 aromatic carbocycles. The van der Waals surface area contributed by atoms with Crippen LogP contribution in [0.15, 0.2) is 45.8 Å². The van der Waals surface area contributed by atoms with Crippen LogP contribution >= 0.6 is 23.4 Å². The van der Waals surface area contributed by atoms with Gasteiger partial charge >= 0.3 is 0 Å². The number of para-hydroxylation sites is 1. The monoisotopic (exact) mass is 362 g/mol. The van der Waals surface area contributed by atoms with Crippen molar-refractivity contribution in [2.24, 2.45) is 11.8 Å². The molecule has 3 rings (SSSR count). The lowest BCUT2D eigenvalue weighted by atomic mass is 9.78. The Morgan fingerprint density at radius 3 is 2.88 bits per heavy atom. The molecular weight excluding hydrogens is 340 g/mol. The highest BCUT2D eigenvalue weighted by Gasteiger charge is 2.31. The SMILES string of the molecule is C=C(Cl)CSc1nc2ccccc2c(=O)n1[C@H]1CCC[C@@H](C)[C@@H]1C. The fraction of sp³-hybridized carbons (Fsp3) is 0.474. The standard InChI is InChI=1S/C19H23ClN2OS/c1-12-7-6-10-17(14(12)3)22-18(23)15-8-4-5-9-16(15)21-19(22)24-11-13(2)20/h4-5,8-9,12,14,17H,2,6-7,10-11H2,1,3H3/t12-,14+,17+/m1/s1. The molecule has 0 unspecified atom stereocenters. The number of aromatic nitrogens is 2. The van der Waals surface area contributed by atoms with Crippen molar-refractivity contribution in [2.45, 2.75) is 44.3 Å². The van der Waals surface area contributed by atoms with Gasteiger partial charge in [-0.05, 0) is 30.4 Å². The molecule has 0 spiro atoms. The largest absolute Gasteiger partial charge is 0.284 e. The van der Waals surface area contributed by atoms with Gasteiger partial charge in [-0.3, -0.25) is 9.36 Å². The summed E-state index contributed by atoms with van der Waals surface area (Å²) in [6.45, 7) is 8.29. The molecule has 0 saturated heterocycles. The number of hydrogen-bond acceptors (Lipinski definition) is 3. The van der Waals surface area contributed by atoms with Crippen LogP contribution in [0.5, 0.6) is 0 Å². The van der Waals surface area contributed by atoms with Crippen molar-refractivity contribution in [1.29, 1.82) is 0 Å². The molecule has 0 aliphatic heterocycles. The van der Waals surface area contributed by atoms with E-state index in [1.54, 1.807) is 0 Å². The van der Waals surface area contributed by atoms with E-state index in [4.69, 9.17) is 16.6 Å². The van der Waals surface area contributed by atoms with Gasteiger partial charge < -0.3 is 0 Å². The fourth-order valence-electron chi connectivity index (χ4n) is 3.58. The van der Waals surface area contributed by atoms with Crippen molar-refractivity contribution in [3.63, 3.8) is 0 Å². The lowest BCUT2D eigenvalue weighted by Crippen LogP contribution is -2.35. The van der Waals surface area contributed by atoms with E-state index in [9.17, 15) is 4.79 Å². The van der Waals surface area contributed by atoms with Gasteiger partial charge in [0.25, 0.3) is 5.56 Å². The Morgan fingerprint density at radius 2 is 2.12 bits per heavy atom. The van der Waals surface area contributed by atoms with Gasteiger partial charge in [0.15, 0.2) is 5.16 Å². The van der Waals surface area contributed by atoms with Gasteiger partial charge in [-0.25, -0.2) is 4.98 Å². The van der Waals surface area contributed by atoms with Crippen LogP contribution in [0.4, 0.5) is 0 Å². The Bertz CT molecular complexity index is 817. The van der Waals surface area contributed by atoms with Gasteiger partial charge in [0.2, 0.25) is 0 Å². The van der Waals surface area contributed by atoms with Gasteiger partial charge in [0, 0.05) is 16.8 Å². The zero-order valence-corrected chi connectivity index (χ0v) is 15.7. The summed E-state index contributed by atoms with van der Waals surface area (Å²) in [6, 6.07) is 7.78. The molecule has 3 nitrogen and oxygen atoms in total. The van der Waals surface area contributed by atoms with E-state index in [0.29, 0.717) is 28.0 Å². The smallest absolute Gasteiger partial charge is 0.262 e. The summed E-state index contributed by atoms with van der Waals surface area (Å²) >= 11 is 7.45. The van der Waals surface area contributed by atoms with E-state index in [2.05, 4.69) is 20.4 Å². The lowest BCUT2D eigenvalue weighted by Gasteiger charge is -2.36. The molecule has 1 saturated carbocycles. The van der Waals surface area contributed by atoms with Crippen LogP contribution in [0.1, 0.15) is 39.2 Å². The van der Waals surface area contributed by atoms with Crippen LogP contribution in [-0.2, 0) is 0 Å². The van der Waals surface area contributed by atoms with Crippen LogP contribution in [-0.4, -0.2) is 15.3 Å². The van der Waals surface area contributed by atoms with Crippen molar-refractivity contribution in [3.8, 4) is 0 Å². The van der Waals surface area contributed by atoms with E-state index in [1.807, 2.05) is 28.8 Å². The first kappa shape index (κ1) is 17.6. The van der Waals surface area contributed by atoms with Crippen molar-refractivity contribution in [2.75, 3.05) is 5.75 Å². The molecule has 0 amide bonds. The number of nitrogens with zero attached hydrogens (tertiary/aromatic N) is 2.